The summed E-state index contributed by atoms with van der Waals surface area (Å²) in [4.78, 5) is 2.41. The molecule has 1 aliphatic rings. The van der Waals surface area contributed by atoms with Gasteiger partial charge in [-0.1, -0.05) is 5.16 Å². The summed E-state index contributed by atoms with van der Waals surface area (Å²) in [6.45, 7) is 5.18. The van der Waals surface area contributed by atoms with Crippen LogP contribution in [0.5, 0.6) is 0 Å². The Balaban J connectivity index is 2.29. The molecule has 0 amide bonds. The SMILES string of the molecule is CCN(c1ccc(/C(N)=N/O)c(C)c1)C1CC1. The molecule has 17 heavy (non-hydrogen) atoms. The van der Waals surface area contributed by atoms with E-state index in [2.05, 4.69) is 23.0 Å². The average Bonchev–Trinajstić information content (AvgIpc) is 3.14. The Labute approximate surface area is 102 Å². The topological polar surface area (TPSA) is 61.8 Å². The Kier molecular flexibility index (Phi) is 3.22. The monoisotopic (exact) mass is 233 g/mol. The molecule has 0 unspecified atom stereocenters. The average molecular weight is 233 g/mol. The molecule has 4 heteroatoms. The summed E-state index contributed by atoms with van der Waals surface area (Å²) in [5.41, 5.74) is 8.67. The molecule has 2 rings (SSSR count). The summed E-state index contributed by atoms with van der Waals surface area (Å²) in [7, 11) is 0. The van der Waals surface area contributed by atoms with Gasteiger partial charge < -0.3 is 15.8 Å². The smallest absolute Gasteiger partial charge is 0.170 e. The number of benzene rings is 1. The van der Waals surface area contributed by atoms with Crippen LogP contribution in [0.3, 0.4) is 0 Å². The third-order valence-corrected chi connectivity index (χ3v) is 3.25. The second-order valence-corrected chi connectivity index (χ2v) is 4.50. The highest BCUT2D eigenvalue weighted by Crippen LogP contribution is 2.32. The number of anilines is 1. The van der Waals surface area contributed by atoms with Gasteiger partial charge in [-0.15, -0.1) is 0 Å². The standard InChI is InChI=1S/C13H19N3O/c1-3-16(10-4-5-10)11-6-7-12(9(2)8-11)13(14)15-17/h6-8,10,17H,3-5H2,1-2H3,(H2,14,15). The van der Waals surface area contributed by atoms with Gasteiger partial charge in [-0.05, 0) is 50.5 Å². The second kappa shape index (κ2) is 4.65. The number of amidine groups is 1. The number of nitrogens with two attached hydrogens (primary N) is 1. The van der Waals surface area contributed by atoms with Gasteiger partial charge in [0.1, 0.15) is 0 Å². The molecule has 0 heterocycles. The summed E-state index contributed by atoms with van der Waals surface area (Å²) in [5.74, 6) is 0.170. The van der Waals surface area contributed by atoms with Crippen molar-refractivity contribution in [2.45, 2.75) is 32.7 Å². The second-order valence-electron chi connectivity index (χ2n) is 4.50. The zero-order valence-electron chi connectivity index (χ0n) is 10.3. The van der Waals surface area contributed by atoms with E-state index in [9.17, 15) is 0 Å². The molecule has 0 saturated heterocycles. The van der Waals surface area contributed by atoms with Crippen LogP contribution >= 0.6 is 0 Å². The molecule has 1 saturated carbocycles. The number of hydrogen-bond acceptors (Lipinski definition) is 3. The lowest BCUT2D eigenvalue weighted by atomic mass is 10.1. The first-order chi connectivity index (χ1) is 8.17. The van der Waals surface area contributed by atoms with Crippen molar-refractivity contribution < 1.29 is 5.21 Å². The van der Waals surface area contributed by atoms with Gasteiger partial charge in [0, 0.05) is 23.8 Å². The number of nitrogens with zero attached hydrogens (tertiary/aromatic N) is 2. The van der Waals surface area contributed by atoms with Gasteiger partial charge in [-0.3, -0.25) is 0 Å². The number of rotatable bonds is 4. The summed E-state index contributed by atoms with van der Waals surface area (Å²) in [6.07, 6.45) is 2.57. The Bertz CT molecular complexity index is 438. The molecule has 1 aromatic carbocycles. The minimum absolute atomic E-state index is 0.170. The van der Waals surface area contributed by atoms with Crippen LogP contribution in [0.4, 0.5) is 5.69 Å². The van der Waals surface area contributed by atoms with Crippen molar-refractivity contribution in [1.82, 2.24) is 0 Å². The van der Waals surface area contributed by atoms with E-state index in [1.54, 1.807) is 0 Å². The Morgan fingerprint density at radius 3 is 2.71 bits per heavy atom. The van der Waals surface area contributed by atoms with Crippen molar-refractivity contribution in [3.8, 4) is 0 Å². The molecule has 0 bridgehead atoms. The van der Waals surface area contributed by atoms with Crippen molar-refractivity contribution in [3.05, 3.63) is 29.3 Å². The van der Waals surface area contributed by atoms with Gasteiger partial charge in [0.25, 0.3) is 0 Å². The fourth-order valence-electron chi connectivity index (χ4n) is 2.21. The van der Waals surface area contributed by atoms with Crippen LogP contribution in [0.1, 0.15) is 30.9 Å². The zero-order valence-corrected chi connectivity index (χ0v) is 10.3. The molecule has 1 fully saturated rings. The number of oxime groups is 1. The van der Waals surface area contributed by atoms with Crippen molar-refractivity contribution >= 4 is 11.5 Å². The van der Waals surface area contributed by atoms with E-state index >= 15 is 0 Å². The van der Waals surface area contributed by atoms with Gasteiger partial charge >= 0.3 is 0 Å². The van der Waals surface area contributed by atoms with E-state index in [0.717, 1.165) is 17.7 Å². The molecule has 0 aromatic heterocycles. The fraction of sp³-hybridized carbons (Fsp3) is 0.462. The molecule has 92 valence electrons. The van der Waals surface area contributed by atoms with Crippen LogP contribution in [0.2, 0.25) is 0 Å². The number of hydrogen-bond donors (Lipinski definition) is 2. The maximum Gasteiger partial charge on any atom is 0.170 e. The molecule has 3 N–H and O–H groups in total. The van der Waals surface area contributed by atoms with E-state index in [1.165, 1.54) is 18.5 Å². The molecule has 0 atom stereocenters. The van der Waals surface area contributed by atoms with Crippen molar-refractivity contribution in [2.75, 3.05) is 11.4 Å². The molecule has 0 spiro atoms. The van der Waals surface area contributed by atoms with Gasteiger partial charge in [0.15, 0.2) is 5.84 Å². The van der Waals surface area contributed by atoms with Gasteiger partial charge in [0.05, 0.1) is 0 Å². The summed E-state index contributed by atoms with van der Waals surface area (Å²) in [6, 6.07) is 6.77. The lowest BCUT2D eigenvalue weighted by Crippen LogP contribution is -2.25. The molecule has 0 radical (unpaired) electrons. The van der Waals surface area contributed by atoms with Crippen molar-refractivity contribution in [3.63, 3.8) is 0 Å². The predicted molar refractivity (Wildman–Crippen MR) is 69.7 cm³/mol. The maximum atomic E-state index is 8.69. The molecular weight excluding hydrogens is 214 g/mol. The van der Waals surface area contributed by atoms with Crippen molar-refractivity contribution in [1.29, 1.82) is 0 Å². The highest BCUT2D eigenvalue weighted by atomic mass is 16.4. The maximum absolute atomic E-state index is 8.69. The normalized spacial score (nSPS) is 16.0. The third-order valence-electron chi connectivity index (χ3n) is 3.25. The minimum Gasteiger partial charge on any atom is -0.409 e. The van der Waals surface area contributed by atoms with Gasteiger partial charge in [-0.2, -0.15) is 0 Å². The Morgan fingerprint density at radius 1 is 1.53 bits per heavy atom. The van der Waals surface area contributed by atoms with E-state index in [4.69, 9.17) is 10.9 Å². The predicted octanol–water partition coefficient (Wildman–Crippen LogP) is 2.08. The van der Waals surface area contributed by atoms with Crippen LogP contribution in [-0.2, 0) is 0 Å². The van der Waals surface area contributed by atoms with Crippen molar-refractivity contribution in [2.24, 2.45) is 10.9 Å². The number of aryl methyl sites for hydroxylation is 1. The lowest BCUT2D eigenvalue weighted by molar-refractivity contribution is 0.318. The van der Waals surface area contributed by atoms with Crippen LogP contribution < -0.4 is 10.6 Å². The first kappa shape index (κ1) is 11.8. The van der Waals surface area contributed by atoms with E-state index < -0.39 is 0 Å². The van der Waals surface area contributed by atoms with Crippen LogP contribution in [-0.4, -0.2) is 23.6 Å². The van der Waals surface area contributed by atoms with Crippen LogP contribution in [0.15, 0.2) is 23.4 Å². The summed E-state index contributed by atoms with van der Waals surface area (Å²) < 4.78 is 0. The third kappa shape index (κ3) is 2.35. The quantitative estimate of drug-likeness (QED) is 0.362. The molecule has 0 aliphatic heterocycles. The molecule has 1 aliphatic carbocycles. The van der Waals surface area contributed by atoms with E-state index in [-0.39, 0.29) is 5.84 Å². The van der Waals surface area contributed by atoms with Gasteiger partial charge in [0.2, 0.25) is 0 Å². The molecule has 1 aromatic rings. The summed E-state index contributed by atoms with van der Waals surface area (Å²) in [5, 5.41) is 11.7. The van der Waals surface area contributed by atoms with Crippen LogP contribution in [0, 0.1) is 6.92 Å². The first-order valence-corrected chi connectivity index (χ1v) is 6.02. The molecule has 4 nitrogen and oxygen atoms in total. The first-order valence-electron chi connectivity index (χ1n) is 6.02. The van der Waals surface area contributed by atoms with Crippen LogP contribution in [0.25, 0.3) is 0 Å². The Morgan fingerprint density at radius 2 is 2.24 bits per heavy atom. The fourth-order valence-corrected chi connectivity index (χ4v) is 2.21. The van der Waals surface area contributed by atoms with E-state index in [0.29, 0.717) is 6.04 Å². The Hall–Kier alpha value is -1.71. The minimum atomic E-state index is 0.170. The molecular formula is C13H19N3O. The zero-order chi connectivity index (χ0) is 12.4. The largest absolute Gasteiger partial charge is 0.409 e. The highest BCUT2D eigenvalue weighted by Gasteiger charge is 2.28. The van der Waals surface area contributed by atoms with Gasteiger partial charge in [-0.25, -0.2) is 0 Å². The van der Waals surface area contributed by atoms with E-state index in [1.807, 2.05) is 19.1 Å². The highest BCUT2D eigenvalue weighted by molar-refractivity contribution is 5.98. The summed E-state index contributed by atoms with van der Waals surface area (Å²) >= 11 is 0. The lowest BCUT2D eigenvalue weighted by Gasteiger charge is -2.23.